The number of benzene rings is 1. The molecule has 17 heavy (non-hydrogen) atoms. The molecule has 0 aliphatic heterocycles. The maximum Gasteiger partial charge on any atom is 1.00 e. The maximum absolute atomic E-state index is 10.6. The number of aromatic carboxylic acids is 1. The largest absolute Gasteiger partial charge is 1.00 e. The first-order valence-corrected chi connectivity index (χ1v) is 5.25. The van der Waals surface area contributed by atoms with E-state index in [0.29, 0.717) is 5.69 Å². The molecule has 0 N–H and O–H groups in total. The second kappa shape index (κ2) is 6.26. The molecule has 1 heterocycles. The van der Waals surface area contributed by atoms with Gasteiger partial charge in [0, 0.05) is 10.0 Å². The minimum Gasteiger partial charge on any atom is -0.543 e. The van der Waals surface area contributed by atoms with Gasteiger partial charge in [0.05, 0.1) is 17.4 Å². The second-order valence-electron chi connectivity index (χ2n) is 3.09. The van der Waals surface area contributed by atoms with Crippen LogP contribution in [0.5, 0.6) is 0 Å². The zero-order chi connectivity index (χ0) is 11.5. The Balaban J connectivity index is 0.00000144. The van der Waals surface area contributed by atoms with Crippen LogP contribution in [0, 0.1) is 0 Å². The fourth-order valence-electron chi connectivity index (χ4n) is 1.27. The van der Waals surface area contributed by atoms with Crippen LogP contribution in [0.1, 0.15) is 10.5 Å². The summed E-state index contributed by atoms with van der Waals surface area (Å²) in [6, 6.07) is 8.80. The minimum atomic E-state index is -1.31. The minimum absolute atomic E-state index is 0. The second-order valence-corrected chi connectivity index (χ2v) is 4.00. The number of carbonyl (C=O) groups is 1. The van der Waals surface area contributed by atoms with Gasteiger partial charge in [-0.15, -0.1) is 0 Å². The van der Waals surface area contributed by atoms with Gasteiger partial charge in [0.2, 0.25) is 0 Å². The Morgan fingerprint density at radius 2 is 2.00 bits per heavy atom. The van der Waals surface area contributed by atoms with Crippen molar-refractivity contribution >= 4 is 21.9 Å². The zero-order valence-electron chi connectivity index (χ0n) is 9.05. The van der Waals surface area contributed by atoms with Crippen LogP contribution in [0.25, 0.3) is 11.3 Å². The Hall–Kier alpha value is -0.750. The number of carbonyl (C=O) groups excluding carboxylic acids is 1. The Morgan fingerprint density at radius 3 is 2.65 bits per heavy atom. The van der Waals surface area contributed by atoms with Crippen LogP contribution >= 0.6 is 15.9 Å². The van der Waals surface area contributed by atoms with Crippen LogP contribution in [0.4, 0.5) is 0 Å². The smallest absolute Gasteiger partial charge is 0.543 e. The summed E-state index contributed by atoms with van der Waals surface area (Å²) in [6.07, 6.45) is 1.21. The van der Waals surface area contributed by atoms with E-state index in [-0.39, 0.29) is 35.3 Å². The first-order chi connectivity index (χ1) is 7.66. The van der Waals surface area contributed by atoms with Crippen LogP contribution in [-0.4, -0.2) is 15.9 Å². The van der Waals surface area contributed by atoms with E-state index < -0.39 is 5.97 Å². The van der Waals surface area contributed by atoms with Crippen molar-refractivity contribution in [3.63, 3.8) is 0 Å². The van der Waals surface area contributed by atoms with Crippen LogP contribution in [0.3, 0.4) is 0 Å². The van der Waals surface area contributed by atoms with Gasteiger partial charge in [-0.2, -0.15) is 0 Å². The number of rotatable bonds is 2. The Morgan fingerprint density at radius 1 is 1.24 bits per heavy atom. The van der Waals surface area contributed by atoms with E-state index in [1.165, 1.54) is 12.4 Å². The standard InChI is InChI=1S/C11H7BrN2O2.Na/c12-8-3-1-2-7(4-8)9-5-10(11(15)16)14-6-13-9;/h1-6H,(H,15,16);/q;+1/p-1. The first kappa shape index (κ1) is 14.3. The van der Waals surface area contributed by atoms with Crippen LogP contribution in [0.15, 0.2) is 41.1 Å². The van der Waals surface area contributed by atoms with Gasteiger partial charge in [0.1, 0.15) is 6.33 Å². The number of carboxylic acids is 1. The molecule has 0 saturated carbocycles. The molecule has 4 nitrogen and oxygen atoms in total. The van der Waals surface area contributed by atoms with Gasteiger partial charge in [-0.1, -0.05) is 28.1 Å². The molecule has 2 aromatic rings. The summed E-state index contributed by atoms with van der Waals surface area (Å²) in [7, 11) is 0. The van der Waals surface area contributed by atoms with E-state index in [4.69, 9.17) is 0 Å². The molecule has 1 aromatic carbocycles. The maximum atomic E-state index is 10.6. The van der Waals surface area contributed by atoms with Gasteiger partial charge in [-0.25, -0.2) is 9.97 Å². The summed E-state index contributed by atoms with van der Waals surface area (Å²) in [5.41, 5.74) is 1.25. The van der Waals surface area contributed by atoms with Crippen molar-refractivity contribution in [1.29, 1.82) is 0 Å². The molecule has 0 spiro atoms. The summed E-state index contributed by atoms with van der Waals surface area (Å²) in [4.78, 5) is 18.3. The van der Waals surface area contributed by atoms with Crippen LogP contribution < -0.4 is 34.7 Å². The van der Waals surface area contributed by atoms with Crippen molar-refractivity contribution in [2.75, 3.05) is 0 Å². The zero-order valence-corrected chi connectivity index (χ0v) is 12.6. The molecule has 80 valence electrons. The summed E-state index contributed by atoms with van der Waals surface area (Å²) < 4.78 is 0.901. The molecule has 0 unspecified atom stereocenters. The third-order valence-electron chi connectivity index (χ3n) is 2.00. The molecule has 0 saturated heterocycles. The number of aromatic nitrogens is 2. The average Bonchev–Trinajstić information content (AvgIpc) is 2.29. The molecule has 0 atom stereocenters. The van der Waals surface area contributed by atoms with E-state index in [2.05, 4.69) is 25.9 Å². The summed E-state index contributed by atoms with van der Waals surface area (Å²) >= 11 is 3.33. The number of hydrogen-bond donors (Lipinski definition) is 0. The van der Waals surface area contributed by atoms with Crippen molar-refractivity contribution in [1.82, 2.24) is 9.97 Å². The fraction of sp³-hybridized carbons (Fsp3) is 0. The predicted molar refractivity (Wildman–Crippen MR) is 59.5 cm³/mol. The molecule has 0 aliphatic carbocycles. The van der Waals surface area contributed by atoms with Crippen molar-refractivity contribution < 1.29 is 39.5 Å². The van der Waals surface area contributed by atoms with E-state index in [1.54, 1.807) is 0 Å². The quantitative estimate of drug-likeness (QED) is 0.619. The van der Waals surface area contributed by atoms with Crippen molar-refractivity contribution in [3.8, 4) is 11.3 Å². The first-order valence-electron chi connectivity index (χ1n) is 4.46. The topological polar surface area (TPSA) is 65.9 Å². The number of nitrogens with zero attached hydrogens (tertiary/aromatic N) is 2. The van der Waals surface area contributed by atoms with Gasteiger partial charge in [0.15, 0.2) is 0 Å². The van der Waals surface area contributed by atoms with Gasteiger partial charge in [0.25, 0.3) is 0 Å². The van der Waals surface area contributed by atoms with E-state index in [9.17, 15) is 9.90 Å². The molecule has 0 radical (unpaired) electrons. The van der Waals surface area contributed by atoms with E-state index >= 15 is 0 Å². The Bertz CT molecular complexity index is 548. The summed E-state index contributed by atoms with van der Waals surface area (Å²) in [5.74, 6) is -1.31. The van der Waals surface area contributed by atoms with Gasteiger partial charge < -0.3 is 9.90 Å². The SMILES string of the molecule is O=C([O-])c1cc(-c2cccc(Br)c2)ncn1.[Na+]. The van der Waals surface area contributed by atoms with Gasteiger partial charge in [-0.3, -0.25) is 0 Å². The summed E-state index contributed by atoms with van der Waals surface area (Å²) in [5, 5.41) is 10.6. The van der Waals surface area contributed by atoms with Crippen molar-refractivity contribution in [3.05, 3.63) is 46.8 Å². The monoisotopic (exact) mass is 300 g/mol. The average molecular weight is 301 g/mol. The predicted octanol–water partition coefficient (Wildman–Crippen LogP) is -1.73. The normalized spacial score (nSPS) is 9.47. The Kier molecular flexibility index (Phi) is 5.27. The number of carboxylic acid groups (broad SMARTS) is 1. The molecule has 0 amide bonds. The molecule has 2 rings (SSSR count). The van der Waals surface area contributed by atoms with Crippen molar-refractivity contribution in [2.45, 2.75) is 0 Å². The van der Waals surface area contributed by atoms with E-state index in [0.717, 1.165) is 10.0 Å². The van der Waals surface area contributed by atoms with Gasteiger partial charge in [-0.05, 0) is 18.2 Å². The van der Waals surface area contributed by atoms with Crippen LogP contribution in [0.2, 0.25) is 0 Å². The molecule has 0 aliphatic rings. The molecular weight excluding hydrogens is 295 g/mol. The molecule has 1 aromatic heterocycles. The third kappa shape index (κ3) is 3.61. The number of halogens is 1. The van der Waals surface area contributed by atoms with Gasteiger partial charge >= 0.3 is 29.6 Å². The van der Waals surface area contributed by atoms with E-state index in [1.807, 2.05) is 24.3 Å². The molecule has 0 fully saturated rings. The number of hydrogen-bond acceptors (Lipinski definition) is 4. The molecular formula is C11H6BrN2NaO2. The molecule has 6 heteroatoms. The van der Waals surface area contributed by atoms with Crippen LogP contribution in [-0.2, 0) is 0 Å². The van der Waals surface area contributed by atoms with Crippen molar-refractivity contribution in [2.24, 2.45) is 0 Å². The molecule has 0 bridgehead atoms. The summed E-state index contributed by atoms with van der Waals surface area (Å²) in [6.45, 7) is 0. The third-order valence-corrected chi connectivity index (χ3v) is 2.49. The fourth-order valence-corrected chi connectivity index (χ4v) is 1.67. The Labute approximate surface area is 129 Å².